The molecule has 1 aromatic heterocycles. The molecule has 1 aliphatic rings. The molecule has 8 heteroatoms. The van der Waals surface area contributed by atoms with Gasteiger partial charge >= 0.3 is 5.97 Å². The van der Waals surface area contributed by atoms with Crippen molar-refractivity contribution in [3.8, 4) is 0 Å². The van der Waals surface area contributed by atoms with Crippen molar-refractivity contribution in [3.63, 3.8) is 0 Å². The molecule has 2 aromatic carbocycles. The molecule has 7 nitrogen and oxygen atoms in total. The van der Waals surface area contributed by atoms with E-state index in [1.165, 1.54) is 4.90 Å². The van der Waals surface area contributed by atoms with Gasteiger partial charge < -0.3 is 9.84 Å². The summed E-state index contributed by atoms with van der Waals surface area (Å²) in [5, 5.41) is 11.1. The van der Waals surface area contributed by atoms with E-state index in [0.29, 0.717) is 22.4 Å². The number of rotatable bonds is 6. The fraction of sp³-hybridized carbons (Fsp3) is 0.185. The minimum Gasteiger partial charge on any atom is -0.507 e. The van der Waals surface area contributed by atoms with Crippen molar-refractivity contribution in [1.29, 1.82) is 0 Å². The lowest BCUT2D eigenvalue weighted by atomic mass is 9.96. The molecule has 1 atom stereocenters. The average Bonchev–Trinajstić information content (AvgIpc) is 3.10. The van der Waals surface area contributed by atoms with Crippen LogP contribution < -0.4 is 4.90 Å². The van der Waals surface area contributed by atoms with Crippen LogP contribution in [0, 0.1) is 0 Å². The quantitative estimate of drug-likeness (QED) is 0.207. The first-order chi connectivity index (χ1) is 16.8. The third-order valence-electron chi connectivity index (χ3n) is 5.49. The number of pyridine rings is 1. The van der Waals surface area contributed by atoms with Crippen LogP contribution in [0.5, 0.6) is 0 Å². The van der Waals surface area contributed by atoms with Crippen molar-refractivity contribution in [3.05, 3.63) is 99.8 Å². The largest absolute Gasteiger partial charge is 0.507 e. The zero-order chi connectivity index (χ0) is 25.1. The zero-order valence-corrected chi connectivity index (χ0v) is 20.7. The van der Waals surface area contributed by atoms with Crippen LogP contribution in [0.1, 0.15) is 36.6 Å². The number of aromatic nitrogens is 1. The second-order valence-corrected chi connectivity index (χ2v) is 9.26. The number of amides is 1. The summed E-state index contributed by atoms with van der Waals surface area (Å²) in [6.45, 7) is 3.56. The maximum atomic E-state index is 13.2. The van der Waals surface area contributed by atoms with Crippen molar-refractivity contribution in [2.45, 2.75) is 32.4 Å². The number of halogens is 1. The van der Waals surface area contributed by atoms with E-state index in [1.54, 1.807) is 86.9 Å². The van der Waals surface area contributed by atoms with Crippen LogP contribution in [-0.2, 0) is 25.5 Å². The Morgan fingerprint density at radius 1 is 1.09 bits per heavy atom. The number of nitrogens with zero attached hydrogens (tertiary/aromatic N) is 2. The topological polar surface area (TPSA) is 96.8 Å². The number of Topliss-reactive ketones (excluding diaryl/α,β-unsaturated/α-hetero) is 1. The third-order valence-corrected chi connectivity index (χ3v) is 6.02. The number of carbonyl (C=O) groups excluding carboxylic acids is 3. The number of hydrogen-bond donors (Lipinski definition) is 1. The van der Waals surface area contributed by atoms with Gasteiger partial charge in [0.15, 0.2) is 0 Å². The molecule has 178 valence electrons. The lowest BCUT2D eigenvalue weighted by molar-refractivity contribution is -0.146. The monoisotopic (exact) mass is 534 g/mol. The number of esters is 1. The van der Waals surface area contributed by atoms with Crippen LogP contribution >= 0.6 is 15.9 Å². The Morgan fingerprint density at radius 3 is 2.37 bits per heavy atom. The number of ketones is 1. The van der Waals surface area contributed by atoms with Crippen molar-refractivity contribution < 1.29 is 24.2 Å². The minimum atomic E-state index is -0.871. The fourth-order valence-electron chi connectivity index (χ4n) is 3.96. The number of carbonyl (C=O) groups is 3. The van der Waals surface area contributed by atoms with E-state index < -0.39 is 17.7 Å². The molecule has 1 fully saturated rings. The first-order valence-corrected chi connectivity index (χ1v) is 11.8. The standard InChI is InChI=1S/C27H23BrN2O5/c1-16(2)35-22(31)14-17-5-11-21(12-6-17)30-24(19-4-3-13-29-15-19)23(26(33)27(30)34)25(32)18-7-9-20(28)10-8-18/h3-13,15-16,24,32H,14H2,1-2H3/b25-23-. The maximum absolute atomic E-state index is 13.2. The van der Waals surface area contributed by atoms with Gasteiger partial charge in [0.1, 0.15) is 5.76 Å². The molecule has 0 bridgehead atoms. The van der Waals surface area contributed by atoms with Crippen LogP contribution in [0.15, 0.2) is 83.1 Å². The number of ether oxygens (including phenoxy) is 1. The molecule has 0 spiro atoms. The molecule has 35 heavy (non-hydrogen) atoms. The molecule has 4 rings (SSSR count). The van der Waals surface area contributed by atoms with Crippen LogP contribution in [0.25, 0.3) is 5.76 Å². The molecule has 2 heterocycles. The highest BCUT2D eigenvalue weighted by Crippen LogP contribution is 2.42. The van der Waals surface area contributed by atoms with Gasteiger partial charge in [-0.15, -0.1) is 0 Å². The summed E-state index contributed by atoms with van der Waals surface area (Å²) in [6.07, 6.45) is 3.04. The average molecular weight is 535 g/mol. The van der Waals surface area contributed by atoms with Gasteiger partial charge in [-0.05, 0) is 55.3 Å². The molecule has 1 N–H and O–H groups in total. The Bertz CT molecular complexity index is 1290. The molecule has 1 saturated heterocycles. The summed E-state index contributed by atoms with van der Waals surface area (Å²) in [4.78, 5) is 43.9. The molecule has 1 amide bonds. The molecule has 3 aromatic rings. The fourth-order valence-corrected chi connectivity index (χ4v) is 4.23. The van der Waals surface area contributed by atoms with Gasteiger partial charge in [0.2, 0.25) is 0 Å². The Kier molecular flexibility index (Phi) is 7.12. The summed E-state index contributed by atoms with van der Waals surface area (Å²) in [6, 6.07) is 16.2. The Labute approximate surface area is 211 Å². The van der Waals surface area contributed by atoms with Gasteiger partial charge in [0.05, 0.1) is 24.1 Å². The first-order valence-electron chi connectivity index (χ1n) is 11.0. The van der Waals surface area contributed by atoms with E-state index in [0.717, 1.165) is 4.47 Å². The molecule has 1 aliphatic heterocycles. The predicted octanol–water partition coefficient (Wildman–Crippen LogP) is 4.96. The van der Waals surface area contributed by atoms with Gasteiger partial charge in [-0.2, -0.15) is 0 Å². The summed E-state index contributed by atoms with van der Waals surface area (Å²) in [7, 11) is 0. The first kappa shape index (κ1) is 24.3. The van der Waals surface area contributed by atoms with E-state index in [-0.39, 0.29) is 29.8 Å². The Hall–Kier alpha value is -3.78. The number of hydrogen-bond acceptors (Lipinski definition) is 6. The normalized spacial score (nSPS) is 17.1. The van der Waals surface area contributed by atoms with Crippen molar-refractivity contribution >= 4 is 45.0 Å². The molecule has 0 aliphatic carbocycles. The number of benzene rings is 2. The van der Waals surface area contributed by atoms with Crippen LogP contribution in [0.3, 0.4) is 0 Å². The van der Waals surface area contributed by atoms with E-state index in [9.17, 15) is 19.5 Å². The highest BCUT2D eigenvalue weighted by atomic mass is 79.9. The predicted molar refractivity (Wildman–Crippen MR) is 135 cm³/mol. The summed E-state index contributed by atoms with van der Waals surface area (Å²) >= 11 is 3.36. The van der Waals surface area contributed by atoms with Gasteiger partial charge in [-0.3, -0.25) is 24.3 Å². The van der Waals surface area contributed by atoms with Crippen LogP contribution in [0.2, 0.25) is 0 Å². The van der Waals surface area contributed by atoms with Gasteiger partial charge in [0.25, 0.3) is 11.7 Å². The molecular formula is C27H23BrN2O5. The summed E-state index contributed by atoms with van der Waals surface area (Å²) < 4.78 is 6.00. The SMILES string of the molecule is CC(C)OC(=O)Cc1ccc(N2C(=O)C(=O)/C(=C(\O)c3ccc(Br)cc3)C2c2cccnc2)cc1. The van der Waals surface area contributed by atoms with Crippen molar-refractivity contribution in [1.82, 2.24) is 4.98 Å². The molecular weight excluding hydrogens is 512 g/mol. The van der Waals surface area contributed by atoms with Crippen LogP contribution in [0.4, 0.5) is 5.69 Å². The van der Waals surface area contributed by atoms with Gasteiger partial charge in [-0.1, -0.05) is 46.3 Å². The van der Waals surface area contributed by atoms with E-state index in [4.69, 9.17) is 4.74 Å². The van der Waals surface area contributed by atoms with Gasteiger partial charge in [0, 0.05) is 28.1 Å². The molecule has 0 radical (unpaired) electrons. The third kappa shape index (κ3) is 5.17. The number of aliphatic hydroxyl groups excluding tert-OH is 1. The second-order valence-electron chi connectivity index (χ2n) is 8.34. The second kappa shape index (κ2) is 10.2. The zero-order valence-electron chi connectivity index (χ0n) is 19.1. The lowest BCUT2D eigenvalue weighted by Crippen LogP contribution is -2.29. The van der Waals surface area contributed by atoms with Crippen molar-refractivity contribution in [2.24, 2.45) is 0 Å². The Morgan fingerprint density at radius 2 is 1.77 bits per heavy atom. The molecule has 0 saturated carbocycles. The smallest absolute Gasteiger partial charge is 0.310 e. The van der Waals surface area contributed by atoms with Crippen molar-refractivity contribution in [2.75, 3.05) is 4.90 Å². The number of aliphatic hydroxyl groups is 1. The Balaban J connectivity index is 1.76. The lowest BCUT2D eigenvalue weighted by Gasteiger charge is -2.25. The number of anilines is 1. The minimum absolute atomic E-state index is 0.0186. The summed E-state index contributed by atoms with van der Waals surface area (Å²) in [5.74, 6) is -2.16. The highest BCUT2D eigenvalue weighted by Gasteiger charge is 2.47. The molecule has 1 unspecified atom stereocenters. The van der Waals surface area contributed by atoms with E-state index in [1.807, 2.05) is 0 Å². The van der Waals surface area contributed by atoms with Crippen LogP contribution in [-0.4, -0.2) is 33.9 Å². The highest BCUT2D eigenvalue weighted by molar-refractivity contribution is 9.10. The van der Waals surface area contributed by atoms with E-state index >= 15 is 0 Å². The maximum Gasteiger partial charge on any atom is 0.310 e. The van der Waals surface area contributed by atoms with E-state index in [2.05, 4.69) is 20.9 Å². The van der Waals surface area contributed by atoms with Gasteiger partial charge in [-0.25, -0.2) is 0 Å². The summed E-state index contributed by atoms with van der Waals surface area (Å²) in [5.41, 5.74) is 2.14.